The van der Waals surface area contributed by atoms with Gasteiger partial charge in [0.15, 0.2) is 0 Å². The monoisotopic (exact) mass is 312 g/mol. The number of nitrogens with one attached hydrogen (secondary N) is 2. The Morgan fingerprint density at radius 2 is 1.91 bits per heavy atom. The molecule has 23 heavy (non-hydrogen) atoms. The maximum atomic E-state index is 12.0. The highest BCUT2D eigenvalue weighted by atomic mass is 16.1. The van der Waals surface area contributed by atoms with Crippen LogP contribution in [-0.2, 0) is 6.42 Å². The molecule has 0 saturated heterocycles. The van der Waals surface area contributed by atoms with Gasteiger partial charge in [-0.25, -0.2) is 9.97 Å². The summed E-state index contributed by atoms with van der Waals surface area (Å²) >= 11 is 0. The van der Waals surface area contributed by atoms with Gasteiger partial charge in [0.1, 0.15) is 17.3 Å². The van der Waals surface area contributed by atoms with Crippen LogP contribution >= 0.6 is 0 Å². The van der Waals surface area contributed by atoms with Crippen molar-refractivity contribution >= 4 is 11.7 Å². The average molecular weight is 312 g/mol. The lowest BCUT2D eigenvalue weighted by molar-refractivity contribution is 0.0948. The molecule has 0 aliphatic carbocycles. The van der Waals surface area contributed by atoms with Crippen LogP contribution in [0.15, 0.2) is 36.4 Å². The molecule has 1 amide bonds. The Hall–Kier alpha value is -2.43. The van der Waals surface area contributed by atoms with Crippen LogP contribution in [0.1, 0.15) is 41.6 Å². The zero-order chi connectivity index (χ0) is 16.5. The topological polar surface area (TPSA) is 66.9 Å². The van der Waals surface area contributed by atoms with Crippen molar-refractivity contribution in [1.82, 2.24) is 15.3 Å². The quantitative estimate of drug-likeness (QED) is 0.735. The molecule has 2 N–H and O–H groups in total. The van der Waals surface area contributed by atoms with Crippen molar-refractivity contribution in [2.24, 2.45) is 0 Å². The Labute approximate surface area is 137 Å². The smallest absolute Gasteiger partial charge is 0.270 e. The standard InChI is InChI=1S/C18H24N4O/c1-3-11-20-18(23)16-13-17(22-14(2)21-16)19-12-7-10-15-8-5-4-6-9-15/h4-6,8-9,13H,3,7,10-12H2,1-2H3,(H,20,23)(H,19,21,22). The van der Waals surface area contributed by atoms with E-state index < -0.39 is 0 Å². The van der Waals surface area contributed by atoms with Crippen LogP contribution in [0.25, 0.3) is 0 Å². The summed E-state index contributed by atoms with van der Waals surface area (Å²) in [5.41, 5.74) is 1.74. The largest absolute Gasteiger partial charge is 0.370 e. The van der Waals surface area contributed by atoms with E-state index in [9.17, 15) is 4.79 Å². The van der Waals surface area contributed by atoms with E-state index in [0.29, 0.717) is 23.9 Å². The molecule has 1 heterocycles. The first-order valence-corrected chi connectivity index (χ1v) is 8.10. The number of carbonyl (C=O) groups is 1. The molecule has 2 rings (SSSR count). The first-order valence-electron chi connectivity index (χ1n) is 8.10. The summed E-state index contributed by atoms with van der Waals surface area (Å²) in [4.78, 5) is 20.5. The van der Waals surface area contributed by atoms with Gasteiger partial charge < -0.3 is 10.6 Å². The molecule has 0 fully saturated rings. The average Bonchev–Trinajstić information content (AvgIpc) is 2.57. The van der Waals surface area contributed by atoms with E-state index in [2.05, 4.69) is 44.9 Å². The van der Waals surface area contributed by atoms with Gasteiger partial charge in [-0.05, 0) is 31.7 Å². The number of rotatable bonds is 8. The number of hydrogen-bond acceptors (Lipinski definition) is 4. The molecular weight excluding hydrogens is 288 g/mol. The number of anilines is 1. The SMILES string of the molecule is CCCNC(=O)c1cc(NCCCc2ccccc2)nc(C)n1. The van der Waals surface area contributed by atoms with Gasteiger partial charge >= 0.3 is 0 Å². The highest BCUT2D eigenvalue weighted by Gasteiger charge is 2.09. The second-order valence-electron chi connectivity index (χ2n) is 5.46. The molecule has 0 bridgehead atoms. The van der Waals surface area contributed by atoms with Gasteiger partial charge in [-0.15, -0.1) is 0 Å². The van der Waals surface area contributed by atoms with Gasteiger partial charge in [-0.3, -0.25) is 4.79 Å². The molecule has 1 aromatic heterocycles. The molecule has 122 valence electrons. The lowest BCUT2D eigenvalue weighted by Gasteiger charge is -2.09. The van der Waals surface area contributed by atoms with Crippen LogP contribution in [0.2, 0.25) is 0 Å². The van der Waals surface area contributed by atoms with Crippen LogP contribution in [0.4, 0.5) is 5.82 Å². The van der Waals surface area contributed by atoms with E-state index in [-0.39, 0.29) is 5.91 Å². The van der Waals surface area contributed by atoms with Crippen LogP contribution < -0.4 is 10.6 Å². The van der Waals surface area contributed by atoms with Gasteiger partial charge in [0.05, 0.1) is 0 Å². The first kappa shape index (κ1) is 16.9. The van der Waals surface area contributed by atoms with Crippen molar-refractivity contribution in [3.63, 3.8) is 0 Å². The zero-order valence-electron chi connectivity index (χ0n) is 13.8. The number of nitrogens with zero attached hydrogens (tertiary/aromatic N) is 2. The number of aromatic nitrogens is 2. The molecular formula is C18H24N4O. The van der Waals surface area contributed by atoms with E-state index in [4.69, 9.17) is 0 Å². The highest BCUT2D eigenvalue weighted by Crippen LogP contribution is 2.08. The van der Waals surface area contributed by atoms with Crippen molar-refractivity contribution in [1.29, 1.82) is 0 Å². The predicted molar refractivity (Wildman–Crippen MR) is 92.6 cm³/mol. The zero-order valence-corrected chi connectivity index (χ0v) is 13.8. The Bertz CT molecular complexity index is 628. The number of aryl methyl sites for hydroxylation is 2. The van der Waals surface area contributed by atoms with Gasteiger partial charge in [0.25, 0.3) is 5.91 Å². The fourth-order valence-electron chi connectivity index (χ4n) is 2.26. The fraction of sp³-hybridized carbons (Fsp3) is 0.389. The number of amides is 1. The van der Waals surface area contributed by atoms with Crippen LogP contribution in [0, 0.1) is 6.92 Å². The molecule has 5 nitrogen and oxygen atoms in total. The summed E-state index contributed by atoms with van der Waals surface area (Å²) < 4.78 is 0. The molecule has 0 unspecified atom stereocenters. The van der Waals surface area contributed by atoms with E-state index in [1.165, 1.54) is 5.56 Å². The van der Waals surface area contributed by atoms with E-state index in [0.717, 1.165) is 25.8 Å². The van der Waals surface area contributed by atoms with Crippen molar-refractivity contribution in [3.8, 4) is 0 Å². The molecule has 0 aliphatic heterocycles. The Balaban J connectivity index is 1.87. The molecule has 5 heteroatoms. The molecule has 1 aromatic carbocycles. The molecule has 0 aliphatic rings. The second-order valence-corrected chi connectivity index (χ2v) is 5.46. The number of carbonyl (C=O) groups excluding carboxylic acids is 1. The molecule has 2 aromatic rings. The summed E-state index contributed by atoms with van der Waals surface area (Å²) in [5, 5.41) is 6.11. The van der Waals surface area contributed by atoms with Gasteiger partial charge in [0.2, 0.25) is 0 Å². The van der Waals surface area contributed by atoms with Crippen molar-refractivity contribution in [2.45, 2.75) is 33.1 Å². The van der Waals surface area contributed by atoms with Gasteiger partial charge in [-0.1, -0.05) is 37.3 Å². The minimum absolute atomic E-state index is 0.148. The molecule has 0 radical (unpaired) electrons. The van der Waals surface area contributed by atoms with Crippen molar-refractivity contribution < 1.29 is 4.79 Å². The summed E-state index contributed by atoms with van der Waals surface area (Å²) in [6, 6.07) is 12.1. The van der Waals surface area contributed by atoms with Gasteiger partial charge in [0, 0.05) is 19.2 Å². The third kappa shape index (κ3) is 5.70. The maximum absolute atomic E-state index is 12.0. The van der Waals surface area contributed by atoms with Crippen LogP contribution in [-0.4, -0.2) is 29.0 Å². The predicted octanol–water partition coefficient (Wildman–Crippen LogP) is 2.97. The third-order valence-electron chi connectivity index (χ3n) is 3.40. The van der Waals surface area contributed by atoms with Gasteiger partial charge in [-0.2, -0.15) is 0 Å². The van der Waals surface area contributed by atoms with E-state index in [1.807, 2.05) is 13.0 Å². The Morgan fingerprint density at radius 1 is 1.13 bits per heavy atom. The molecule has 0 spiro atoms. The van der Waals surface area contributed by atoms with Crippen molar-refractivity contribution in [2.75, 3.05) is 18.4 Å². The Morgan fingerprint density at radius 3 is 2.65 bits per heavy atom. The van der Waals surface area contributed by atoms with Crippen LogP contribution in [0.3, 0.4) is 0 Å². The summed E-state index contributed by atoms with van der Waals surface area (Å²) in [5.74, 6) is 1.15. The number of benzene rings is 1. The second kappa shape index (κ2) is 8.88. The summed E-state index contributed by atoms with van der Waals surface area (Å²) in [6.07, 6.45) is 2.92. The lowest BCUT2D eigenvalue weighted by atomic mass is 10.1. The van der Waals surface area contributed by atoms with Crippen LogP contribution in [0.5, 0.6) is 0 Å². The minimum Gasteiger partial charge on any atom is -0.370 e. The maximum Gasteiger partial charge on any atom is 0.270 e. The molecule has 0 saturated carbocycles. The van der Waals surface area contributed by atoms with Crippen molar-refractivity contribution in [3.05, 3.63) is 53.5 Å². The van der Waals surface area contributed by atoms with E-state index in [1.54, 1.807) is 13.0 Å². The molecule has 0 atom stereocenters. The number of hydrogen-bond donors (Lipinski definition) is 2. The first-order chi connectivity index (χ1) is 11.2. The Kier molecular flexibility index (Phi) is 6.54. The fourth-order valence-corrected chi connectivity index (χ4v) is 2.26. The normalized spacial score (nSPS) is 10.3. The van der Waals surface area contributed by atoms with E-state index >= 15 is 0 Å². The highest BCUT2D eigenvalue weighted by molar-refractivity contribution is 5.92. The summed E-state index contributed by atoms with van der Waals surface area (Å²) in [6.45, 7) is 5.28. The lowest BCUT2D eigenvalue weighted by Crippen LogP contribution is -2.25. The minimum atomic E-state index is -0.148. The third-order valence-corrected chi connectivity index (χ3v) is 3.40. The summed E-state index contributed by atoms with van der Waals surface area (Å²) in [7, 11) is 0.